The summed E-state index contributed by atoms with van der Waals surface area (Å²) in [4.78, 5) is 26.0. The van der Waals surface area contributed by atoms with Crippen molar-refractivity contribution < 1.29 is 53.7 Å². The van der Waals surface area contributed by atoms with Crippen LogP contribution in [0.25, 0.3) is 10.4 Å². The van der Waals surface area contributed by atoms with Gasteiger partial charge in [0.05, 0.1) is 31.5 Å². The van der Waals surface area contributed by atoms with Crippen molar-refractivity contribution in [3.8, 4) is 0 Å². The molecule has 2 saturated heterocycles. The van der Waals surface area contributed by atoms with Gasteiger partial charge in [0.1, 0.15) is 30.5 Å². The number of methoxy groups -OCH3 is 1. The Bertz CT molecular complexity index is 770. The van der Waals surface area contributed by atoms with Crippen molar-refractivity contribution in [1.29, 1.82) is 0 Å². The molecule has 0 spiro atoms. The lowest BCUT2D eigenvalue weighted by Gasteiger charge is -2.47. The lowest BCUT2D eigenvalue weighted by atomic mass is 9.92. The molecule has 1 amide bonds. The van der Waals surface area contributed by atoms with Crippen LogP contribution >= 0.6 is 0 Å². The molecule has 6 N–H and O–H groups in total. The van der Waals surface area contributed by atoms with E-state index in [-0.39, 0.29) is 19.7 Å². The van der Waals surface area contributed by atoms with E-state index in [0.717, 1.165) is 0 Å². The first-order valence-electron chi connectivity index (χ1n) is 11.4. The van der Waals surface area contributed by atoms with Gasteiger partial charge < -0.3 is 54.7 Å². The van der Waals surface area contributed by atoms with E-state index in [0.29, 0.717) is 13.2 Å². The van der Waals surface area contributed by atoms with Gasteiger partial charge in [0.2, 0.25) is 5.91 Å². The lowest BCUT2D eigenvalue weighted by molar-refractivity contribution is -0.326. The molecule has 0 aliphatic carbocycles. The third-order valence-electron chi connectivity index (χ3n) is 5.86. The first kappa shape index (κ1) is 30.1. The predicted molar refractivity (Wildman–Crippen MR) is 120 cm³/mol. The van der Waals surface area contributed by atoms with Crippen molar-refractivity contribution in [3.05, 3.63) is 10.4 Å². The molecule has 0 saturated carbocycles. The summed E-state index contributed by atoms with van der Waals surface area (Å²) >= 11 is 0. The SMILES string of the molecule is CO[C@@H]1C(C(=O)O)O[C@@H](OC2[C@H](O)C(CNCCOCCN=[N+]=[N-])O[C@@H](C)[C@H]2NC(C)=O)C(O)[C@H]1O. The third kappa shape index (κ3) is 7.94. The van der Waals surface area contributed by atoms with Crippen LogP contribution < -0.4 is 10.6 Å². The second kappa shape index (κ2) is 14.6. The Kier molecular flexibility index (Phi) is 12.2. The van der Waals surface area contributed by atoms with Crippen molar-refractivity contribution in [3.63, 3.8) is 0 Å². The normalized spacial score (nSPS) is 36.6. The summed E-state index contributed by atoms with van der Waals surface area (Å²) in [6.07, 6.45) is -12.0. The van der Waals surface area contributed by atoms with Gasteiger partial charge in [0.15, 0.2) is 12.4 Å². The molecule has 2 aliphatic heterocycles. The zero-order valence-corrected chi connectivity index (χ0v) is 20.3. The van der Waals surface area contributed by atoms with Gasteiger partial charge in [-0.2, -0.15) is 0 Å². The summed E-state index contributed by atoms with van der Waals surface area (Å²) in [5.74, 6) is -1.87. The van der Waals surface area contributed by atoms with Gasteiger partial charge in [-0.25, -0.2) is 4.79 Å². The van der Waals surface area contributed by atoms with Crippen molar-refractivity contribution >= 4 is 11.9 Å². The van der Waals surface area contributed by atoms with Crippen molar-refractivity contribution in [2.75, 3.05) is 40.0 Å². The molecule has 0 aromatic rings. The highest BCUT2D eigenvalue weighted by molar-refractivity contribution is 5.73. The molecule has 2 rings (SSSR count). The minimum absolute atomic E-state index is 0.165. The number of carbonyl (C=O) groups excluding carboxylic acids is 1. The van der Waals surface area contributed by atoms with E-state index in [1.165, 1.54) is 14.0 Å². The number of nitrogens with one attached hydrogen (secondary N) is 2. The Balaban J connectivity index is 2.08. The standard InChI is InChI=1S/C20H35N5O11/c1-9-12(24-10(2)26)16(13(27)11(34-9)8-22-4-6-33-7-5-23-25-21)35-20-15(29)14(28)17(32-3)18(36-20)19(30)31/h9,11-18,20,22,27-29H,4-8H2,1-3H3,(H,24,26)(H,30,31)/t9-,11?,12+,13+,14+,15?,16?,17-,18?,20+/m0/s1. The maximum absolute atomic E-state index is 11.8. The van der Waals surface area contributed by atoms with E-state index < -0.39 is 73.0 Å². The number of nitrogens with zero attached hydrogens (tertiary/aromatic N) is 3. The number of hydrogen-bond acceptors (Lipinski definition) is 12. The summed E-state index contributed by atoms with van der Waals surface area (Å²) < 4.78 is 27.3. The quantitative estimate of drug-likeness (QED) is 0.0638. The number of azide groups is 1. The number of hydrogen-bond donors (Lipinski definition) is 6. The number of aliphatic hydroxyl groups excluding tert-OH is 3. The van der Waals surface area contributed by atoms with Gasteiger partial charge in [-0.15, -0.1) is 0 Å². The van der Waals surface area contributed by atoms with Crippen LogP contribution in [0.15, 0.2) is 5.11 Å². The molecule has 0 radical (unpaired) electrons. The number of aliphatic carboxylic acids is 1. The molecule has 0 aromatic carbocycles. The molecule has 16 nitrogen and oxygen atoms in total. The fraction of sp³-hybridized carbons (Fsp3) is 0.900. The molecule has 36 heavy (non-hydrogen) atoms. The molecule has 0 bridgehead atoms. The highest BCUT2D eigenvalue weighted by Crippen LogP contribution is 2.30. The van der Waals surface area contributed by atoms with Crippen LogP contribution in [-0.2, 0) is 33.3 Å². The molecular formula is C20H35N5O11. The van der Waals surface area contributed by atoms with Crippen molar-refractivity contribution in [1.82, 2.24) is 10.6 Å². The molecular weight excluding hydrogens is 486 g/mol. The lowest BCUT2D eigenvalue weighted by Crippen LogP contribution is -2.68. The van der Waals surface area contributed by atoms with Crippen LogP contribution in [0.5, 0.6) is 0 Å². The number of amides is 1. The van der Waals surface area contributed by atoms with E-state index >= 15 is 0 Å². The topological polar surface area (TPSA) is 234 Å². The van der Waals surface area contributed by atoms with E-state index in [2.05, 4.69) is 20.7 Å². The molecule has 16 heteroatoms. The number of carboxylic acids is 1. The molecule has 206 valence electrons. The van der Waals surface area contributed by atoms with Crippen LogP contribution in [0, 0.1) is 0 Å². The van der Waals surface area contributed by atoms with Crippen LogP contribution in [0.4, 0.5) is 0 Å². The molecule has 2 heterocycles. The minimum atomic E-state index is -1.70. The highest BCUT2D eigenvalue weighted by Gasteiger charge is 2.52. The number of carbonyl (C=O) groups is 2. The van der Waals surface area contributed by atoms with Gasteiger partial charge in [-0.1, -0.05) is 5.11 Å². The van der Waals surface area contributed by atoms with E-state index in [1.54, 1.807) is 6.92 Å². The minimum Gasteiger partial charge on any atom is -0.479 e. The Labute approximate surface area is 207 Å². The van der Waals surface area contributed by atoms with Crippen LogP contribution in [-0.4, -0.2) is 133 Å². The molecule has 10 atom stereocenters. The van der Waals surface area contributed by atoms with Crippen LogP contribution in [0.2, 0.25) is 0 Å². The van der Waals surface area contributed by atoms with Gasteiger partial charge in [-0.3, -0.25) is 4.79 Å². The predicted octanol–water partition coefficient (Wildman–Crippen LogP) is -2.51. The number of carboxylic acid groups (broad SMARTS) is 1. The summed E-state index contributed by atoms with van der Waals surface area (Å²) in [7, 11) is 1.17. The first-order chi connectivity index (χ1) is 17.1. The Hall–Kier alpha value is -2.11. The van der Waals surface area contributed by atoms with Crippen LogP contribution in [0.3, 0.4) is 0 Å². The number of aliphatic hydroxyl groups is 3. The maximum Gasteiger partial charge on any atom is 0.335 e. The first-order valence-corrected chi connectivity index (χ1v) is 11.4. The van der Waals surface area contributed by atoms with Crippen LogP contribution in [0.1, 0.15) is 13.8 Å². The fourth-order valence-electron chi connectivity index (χ4n) is 4.11. The Morgan fingerprint density at radius 2 is 1.83 bits per heavy atom. The second-order valence-corrected chi connectivity index (χ2v) is 8.41. The van der Waals surface area contributed by atoms with Gasteiger partial charge >= 0.3 is 5.97 Å². The summed E-state index contributed by atoms with van der Waals surface area (Å²) in [6, 6.07) is -0.880. The fourth-order valence-corrected chi connectivity index (χ4v) is 4.11. The average Bonchev–Trinajstić information content (AvgIpc) is 2.82. The number of rotatable bonds is 13. The molecule has 2 aliphatic rings. The Morgan fingerprint density at radius 3 is 2.44 bits per heavy atom. The van der Waals surface area contributed by atoms with E-state index in [9.17, 15) is 30.0 Å². The van der Waals surface area contributed by atoms with Crippen molar-refractivity contribution in [2.45, 2.75) is 75.0 Å². The van der Waals surface area contributed by atoms with E-state index in [1.807, 2.05) is 0 Å². The van der Waals surface area contributed by atoms with E-state index in [4.69, 9.17) is 29.2 Å². The van der Waals surface area contributed by atoms with Gasteiger partial charge in [-0.05, 0) is 12.5 Å². The van der Waals surface area contributed by atoms with Gasteiger partial charge in [0.25, 0.3) is 0 Å². The average molecular weight is 522 g/mol. The second-order valence-electron chi connectivity index (χ2n) is 8.41. The zero-order chi connectivity index (χ0) is 26.8. The monoisotopic (exact) mass is 521 g/mol. The third-order valence-corrected chi connectivity index (χ3v) is 5.86. The highest BCUT2D eigenvalue weighted by atomic mass is 16.7. The zero-order valence-electron chi connectivity index (χ0n) is 20.3. The smallest absolute Gasteiger partial charge is 0.335 e. The Morgan fingerprint density at radius 1 is 1.11 bits per heavy atom. The molecule has 4 unspecified atom stereocenters. The summed E-state index contributed by atoms with van der Waals surface area (Å²) in [6.45, 7) is 4.26. The molecule has 0 aromatic heterocycles. The van der Waals surface area contributed by atoms with Crippen molar-refractivity contribution in [2.24, 2.45) is 5.11 Å². The van der Waals surface area contributed by atoms with Gasteiger partial charge in [0, 0.05) is 38.6 Å². The summed E-state index contributed by atoms with van der Waals surface area (Å²) in [5.41, 5.74) is 8.23. The number of ether oxygens (including phenoxy) is 5. The summed E-state index contributed by atoms with van der Waals surface area (Å²) in [5, 5.41) is 50.4. The molecule has 2 fully saturated rings. The maximum atomic E-state index is 11.8. The largest absolute Gasteiger partial charge is 0.479 e.